The topological polar surface area (TPSA) is 94.1 Å². The molecule has 1 fully saturated rings. The Hall–Kier alpha value is -2.79. The first-order chi connectivity index (χ1) is 16.6. The molecule has 0 radical (unpaired) electrons. The molecule has 180 valence electrons. The Morgan fingerprint density at radius 3 is 2.43 bits per heavy atom. The monoisotopic (exact) mass is 592 g/mol. The van der Waals surface area contributed by atoms with Crippen LogP contribution in [0.5, 0.6) is 11.5 Å². The van der Waals surface area contributed by atoms with Crippen molar-refractivity contribution in [3.63, 3.8) is 0 Å². The van der Waals surface area contributed by atoms with Gasteiger partial charge in [0.25, 0.3) is 5.91 Å². The van der Waals surface area contributed by atoms with E-state index in [0.29, 0.717) is 30.8 Å². The van der Waals surface area contributed by atoms with E-state index >= 15 is 0 Å². The summed E-state index contributed by atoms with van der Waals surface area (Å²) in [5, 5.41) is 3.74. The Balaban J connectivity index is 1.60. The summed E-state index contributed by atoms with van der Waals surface area (Å²) >= 11 is 10.4. The van der Waals surface area contributed by atoms with Crippen LogP contribution in [0.4, 0.5) is 5.69 Å². The molecule has 0 bridgehead atoms. The molecule has 0 spiro atoms. The Morgan fingerprint density at radius 1 is 1.09 bits per heavy atom. The first kappa shape index (κ1) is 25.3. The highest BCUT2D eigenvalue weighted by molar-refractivity contribution is 9.10. The molecule has 11 heteroatoms. The molecule has 1 heterocycles. The molecular weight excluding hydrogens is 576 g/mol. The van der Waals surface area contributed by atoms with Crippen molar-refractivity contribution in [3.8, 4) is 11.5 Å². The number of nitrogens with zero attached hydrogens (tertiary/aromatic N) is 1. The number of nitrogens with one attached hydrogen (secondary N) is 1. The van der Waals surface area contributed by atoms with Crippen molar-refractivity contribution in [2.45, 2.75) is 11.8 Å². The van der Waals surface area contributed by atoms with Gasteiger partial charge in [-0.1, -0.05) is 29.3 Å². The predicted octanol–water partition coefficient (Wildman–Crippen LogP) is 6.08. The van der Waals surface area contributed by atoms with Crippen molar-refractivity contribution in [2.24, 2.45) is 4.99 Å². The maximum absolute atomic E-state index is 12.8. The molecular formula is C24H18BrClN2O5S2. The maximum atomic E-state index is 12.8. The van der Waals surface area contributed by atoms with Gasteiger partial charge < -0.3 is 14.2 Å². The van der Waals surface area contributed by atoms with Gasteiger partial charge in [0.05, 0.1) is 22.2 Å². The summed E-state index contributed by atoms with van der Waals surface area (Å²) in [7, 11) is -2.69. The summed E-state index contributed by atoms with van der Waals surface area (Å²) < 4.78 is 36.6. The molecule has 1 N–H and O–H groups in total. The summed E-state index contributed by atoms with van der Waals surface area (Å²) in [5.41, 5.74) is 2.17. The largest absolute Gasteiger partial charge is 0.493 e. The van der Waals surface area contributed by atoms with E-state index in [1.807, 2.05) is 6.92 Å². The molecule has 0 unspecified atom stereocenters. The molecule has 1 aliphatic rings. The zero-order valence-electron chi connectivity index (χ0n) is 18.4. The minimum Gasteiger partial charge on any atom is -0.493 e. The number of thioether (sulfide) groups is 1. The SMILES string of the molecule is COc1cc(/C=C2\SC(=Nc3ccc(Cl)cc3)NC2=O)cc(Br)c1OS(=O)(=O)c1ccc(C)cc1. The van der Waals surface area contributed by atoms with Crippen LogP contribution in [0.25, 0.3) is 6.08 Å². The van der Waals surface area contributed by atoms with Gasteiger partial charge in [0, 0.05) is 5.02 Å². The minimum atomic E-state index is -4.09. The summed E-state index contributed by atoms with van der Waals surface area (Å²) in [6.07, 6.45) is 1.65. The van der Waals surface area contributed by atoms with Crippen LogP contribution in [-0.4, -0.2) is 26.6 Å². The summed E-state index contributed by atoms with van der Waals surface area (Å²) in [4.78, 5) is 17.3. The fourth-order valence-electron chi connectivity index (χ4n) is 3.03. The van der Waals surface area contributed by atoms with E-state index < -0.39 is 10.1 Å². The van der Waals surface area contributed by atoms with Gasteiger partial charge in [-0.05, 0) is 94.8 Å². The molecule has 0 aliphatic carbocycles. The smallest absolute Gasteiger partial charge is 0.339 e. The first-order valence-electron chi connectivity index (χ1n) is 10.1. The minimum absolute atomic E-state index is 0.00346. The number of benzene rings is 3. The van der Waals surface area contributed by atoms with Crippen LogP contribution in [0.2, 0.25) is 5.02 Å². The van der Waals surface area contributed by atoms with E-state index in [9.17, 15) is 13.2 Å². The lowest BCUT2D eigenvalue weighted by atomic mass is 10.2. The van der Waals surface area contributed by atoms with Crippen molar-refractivity contribution in [1.82, 2.24) is 5.32 Å². The average Bonchev–Trinajstić information content (AvgIpc) is 3.15. The van der Waals surface area contributed by atoms with Crippen LogP contribution in [0.3, 0.4) is 0 Å². The Labute approximate surface area is 220 Å². The van der Waals surface area contributed by atoms with Crippen LogP contribution in [0.1, 0.15) is 11.1 Å². The van der Waals surface area contributed by atoms with E-state index in [0.717, 1.165) is 5.56 Å². The lowest BCUT2D eigenvalue weighted by molar-refractivity contribution is -0.115. The molecule has 0 saturated carbocycles. The average molecular weight is 594 g/mol. The number of aryl methyl sites for hydroxylation is 1. The van der Waals surface area contributed by atoms with Gasteiger partial charge in [0.15, 0.2) is 16.7 Å². The Morgan fingerprint density at radius 2 is 1.77 bits per heavy atom. The number of ether oxygens (including phenoxy) is 1. The second-order valence-electron chi connectivity index (χ2n) is 7.34. The third kappa shape index (κ3) is 6.07. The second kappa shape index (κ2) is 10.4. The maximum Gasteiger partial charge on any atom is 0.339 e. The standard InChI is InChI=1S/C24H18BrClN2O5S2/c1-14-3-9-18(10-4-14)35(30,31)33-22-19(25)11-15(12-20(22)32-2)13-21-23(29)28-24(34-21)27-17-7-5-16(26)6-8-17/h3-13H,1-2H3,(H,27,28,29)/b21-13-. The number of carbonyl (C=O) groups excluding carboxylic acids is 1. The van der Waals surface area contributed by atoms with E-state index in [-0.39, 0.29) is 22.3 Å². The van der Waals surface area contributed by atoms with Gasteiger partial charge >= 0.3 is 10.1 Å². The van der Waals surface area contributed by atoms with Gasteiger partial charge in [-0.3, -0.25) is 4.79 Å². The molecule has 3 aromatic carbocycles. The lowest BCUT2D eigenvalue weighted by Gasteiger charge is -2.13. The Bertz CT molecular complexity index is 1450. The van der Waals surface area contributed by atoms with Crippen LogP contribution in [-0.2, 0) is 14.9 Å². The molecule has 1 amide bonds. The molecule has 0 aromatic heterocycles. The number of methoxy groups -OCH3 is 1. The van der Waals surface area contributed by atoms with Gasteiger partial charge in [-0.15, -0.1) is 0 Å². The number of amides is 1. The number of amidine groups is 1. The van der Waals surface area contributed by atoms with E-state index in [2.05, 4.69) is 26.2 Å². The second-order valence-corrected chi connectivity index (χ2v) is 11.2. The number of aliphatic imine (C=N–C) groups is 1. The van der Waals surface area contributed by atoms with Crippen molar-refractivity contribution in [1.29, 1.82) is 0 Å². The summed E-state index contributed by atoms with van der Waals surface area (Å²) in [6, 6.07) is 16.5. The number of carbonyl (C=O) groups is 1. The van der Waals surface area contributed by atoms with Gasteiger partial charge in [0.1, 0.15) is 4.90 Å². The van der Waals surface area contributed by atoms with Gasteiger partial charge in [0.2, 0.25) is 0 Å². The van der Waals surface area contributed by atoms with Crippen LogP contribution in [0.15, 0.2) is 79.9 Å². The Kier molecular flexibility index (Phi) is 7.56. The summed E-state index contributed by atoms with van der Waals surface area (Å²) in [6.45, 7) is 1.86. The molecule has 3 aromatic rings. The third-order valence-electron chi connectivity index (χ3n) is 4.76. The van der Waals surface area contributed by atoms with Gasteiger partial charge in [-0.2, -0.15) is 8.42 Å². The molecule has 0 atom stereocenters. The zero-order chi connectivity index (χ0) is 25.2. The molecule has 7 nitrogen and oxygen atoms in total. The quantitative estimate of drug-likeness (QED) is 0.275. The highest BCUT2D eigenvalue weighted by atomic mass is 79.9. The molecule has 4 rings (SSSR count). The molecule has 1 aliphatic heterocycles. The number of rotatable bonds is 6. The van der Waals surface area contributed by atoms with Crippen molar-refractivity contribution in [2.75, 3.05) is 7.11 Å². The number of hydrogen-bond donors (Lipinski definition) is 1. The molecule has 35 heavy (non-hydrogen) atoms. The predicted molar refractivity (Wildman–Crippen MR) is 142 cm³/mol. The fourth-order valence-corrected chi connectivity index (χ4v) is 5.60. The molecule has 1 saturated heterocycles. The highest BCUT2D eigenvalue weighted by Crippen LogP contribution is 2.40. The van der Waals surface area contributed by atoms with Crippen LogP contribution >= 0.6 is 39.3 Å². The number of halogens is 2. The van der Waals surface area contributed by atoms with Crippen molar-refractivity contribution in [3.05, 3.63) is 86.2 Å². The van der Waals surface area contributed by atoms with E-state index in [4.69, 9.17) is 20.5 Å². The van der Waals surface area contributed by atoms with Crippen molar-refractivity contribution < 1.29 is 22.1 Å². The zero-order valence-corrected chi connectivity index (χ0v) is 22.4. The fraction of sp³-hybridized carbons (Fsp3) is 0.0833. The van der Waals surface area contributed by atoms with E-state index in [1.54, 1.807) is 54.6 Å². The van der Waals surface area contributed by atoms with Crippen LogP contribution in [0, 0.1) is 6.92 Å². The highest BCUT2D eigenvalue weighted by Gasteiger charge is 2.25. The van der Waals surface area contributed by atoms with Crippen molar-refractivity contribution >= 4 is 72.2 Å². The van der Waals surface area contributed by atoms with E-state index in [1.165, 1.54) is 31.0 Å². The van der Waals surface area contributed by atoms with Crippen LogP contribution < -0.4 is 14.2 Å². The normalized spacial score (nSPS) is 15.9. The number of hydrogen-bond acceptors (Lipinski definition) is 7. The van der Waals surface area contributed by atoms with Gasteiger partial charge in [-0.25, -0.2) is 4.99 Å². The first-order valence-corrected chi connectivity index (χ1v) is 13.5. The summed E-state index contributed by atoms with van der Waals surface area (Å²) in [5.74, 6) is -0.121. The lowest BCUT2D eigenvalue weighted by Crippen LogP contribution is -2.19. The third-order valence-corrected chi connectivity index (χ3v) is 7.75.